The van der Waals surface area contributed by atoms with Crippen molar-refractivity contribution in [3.8, 4) is 0 Å². The third-order valence-corrected chi connectivity index (χ3v) is 3.36. The highest BCUT2D eigenvalue weighted by Gasteiger charge is 2.16. The number of para-hydroxylation sites is 1. The van der Waals surface area contributed by atoms with E-state index >= 15 is 0 Å². The fourth-order valence-electron chi connectivity index (χ4n) is 2.28. The van der Waals surface area contributed by atoms with E-state index in [0.29, 0.717) is 0 Å². The first-order valence-electron chi connectivity index (χ1n) is 7.09. The third kappa shape index (κ3) is 2.74. The van der Waals surface area contributed by atoms with Crippen LogP contribution < -0.4 is 10.2 Å². The smallest absolute Gasteiger partial charge is 0.141 e. The molecule has 2 rings (SSSR count). The van der Waals surface area contributed by atoms with Gasteiger partial charge in [-0.15, -0.1) is 0 Å². The number of nitrogens with one attached hydrogen (secondary N) is 1. The molecule has 0 atom stereocenters. The third-order valence-electron chi connectivity index (χ3n) is 3.36. The van der Waals surface area contributed by atoms with Crippen molar-refractivity contribution in [1.29, 1.82) is 0 Å². The molecule has 2 aromatic rings. The van der Waals surface area contributed by atoms with Gasteiger partial charge in [0.05, 0.1) is 0 Å². The number of aromatic nitrogens is 2. The average Bonchev–Trinajstić information content (AvgIpc) is 2.50. The Hall–Kier alpha value is -2.10. The summed E-state index contributed by atoms with van der Waals surface area (Å²) in [6.45, 7) is 7.15. The number of hydrogen-bond acceptors (Lipinski definition) is 4. The van der Waals surface area contributed by atoms with Gasteiger partial charge in [-0.3, -0.25) is 0 Å². The van der Waals surface area contributed by atoms with Gasteiger partial charge >= 0.3 is 0 Å². The number of anilines is 3. The van der Waals surface area contributed by atoms with Gasteiger partial charge in [0, 0.05) is 31.3 Å². The minimum absolute atomic E-state index is 0.828. The van der Waals surface area contributed by atoms with Crippen molar-refractivity contribution in [2.24, 2.45) is 0 Å². The van der Waals surface area contributed by atoms with Crippen LogP contribution in [-0.2, 0) is 6.42 Å². The summed E-state index contributed by atoms with van der Waals surface area (Å²) in [5.41, 5.74) is 2.23. The number of rotatable bonds is 5. The van der Waals surface area contributed by atoms with Gasteiger partial charge in [-0.25, -0.2) is 9.97 Å². The average molecular weight is 270 g/mol. The summed E-state index contributed by atoms with van der Waals surface area (Å²) >= 11 is 0. The minimum atomic E-state index is 0.828. The molecule has 20 heavy (non-hydrogen) atoms. The predicted octanol–water partition coefficient (Wildman–Crippen LogP) is 3.55. The van der Waals surface area contributed by atoms with Crippen molar-refractivity contribution in [3.63, 3.8) is 0 Å². The summed E-state index contributed by atoms with van der Waals surface area (Å²) in [4.78, 5) is 11.5. The molecule has 4 heteroatoms. The molecular weight excluding hydrogens is 248 g/mol. The zero-order valence-electron chi connectivity index (χ0n) is 12.6. The first kappa shape index (κ1) is 14.3. The van der Waals surface area contributed by atoms with Gasteiger partial charge in [-0.1, -0.05) is 25.1 Å². The Balaban J connectivity index is 2.54. The van der Waals surface area contributed by atoms with Crippen LogP contribution in [0.1, 0.15) is 25.2 Å². The van der Waals surface area contributed by atoms with Crippen molar-refractivity contribution in [1.82, 2.24) is 9.97 Å². The Bertz CT molecular complexity index is 566. The van der Waals surface area contributed by atoms with Crippen LogP contribution in [0.15, 0.2) is 30.3 Å². The molecule has 106 valence electrons. The van der Waals surface area contributed by atoms with Gasteiger partial charge in [0.25, 0.3) is 0 Å². The summed E-state index contributed by atoms with van der Waals surface area (Å²) in [5, 5.41) is 3.16. The fourth-order valence-corrected chi connectivity index (χ4v) is 2.28. The number of nitrogens with zero attached hydrogens (tertiary/aromatic N) is 3. The van der Waals surface area contributed by atoms with E-state index in [0.717, 1.165) is 41.7 Å². The highest BCUT2D eigenvalue weighted by atomic mass is 15.2. The van der Waals surface area contributed by atoms with Crippen LogP contribution in [0.5, 0.6) is 0 Å². The SMILES string of the molecule is CCc1nc(NC)c(C)c(N(CC)c2ccccc2)n1. The quantitative estimate of drug-likeness (QED) is 0.902. The van der Waals surface area contributed by atoms with E-state index in [-0.39, 0.29) is 0 Å². The largest absolute Gasteiger partial charge is 0.373 e. The van der Waals surface area contributed by atoms with E-state index in [1.54, 1.807) is 0 Å². The Labute approximate surface area is 120 Å². The second-order valence-electron chi connectivity index (χ2n) is 4.62. The summed E-state index contributed by atoms with van der Waals surface area (Å²) in [6, 6.07) is 10.3. The monoisotopic (exact) mass is 270 g/mol. The molecule has 1 aromatic carbocycles. The molecule has 0 radical (unpaired) electrons. The Morgan fingerprint density at radius 3 is 2.35 bits per heavy atom. The summed E-state index contributed by atoms with van der Waals surface area (Å²) in [7, 11) is 1.90. The molecule has 0 saturated carbocycles. The van der Waals surface area contributed by atoms with Gasteiger partial charge in [0.15, 0.2) is 0 Å². The zero-order chi connectivity index (χ0) is 14.5. The van der Waals surface area contributed by atoms with Crippen LogP contribution in [0.4, 0.5) is 17.3 Å². The molecule has 1 N–H and O–H groups in total. The highest BCUT2D eigenvalue weighted by Crippen LogP contribution is 2.29. The molecule has 0 unspecified atom stereocenters. The molecule has 0 amide bonds. The van der Waals surface area contributed by atoms with Crippen molar-refractivity contribution >= 4 is 17.3 Å². The van der Waals surface area contributed by atoms with E-state index in [1.807, 2.05) is 25.2 Å². The lowest BCUT2D eigenvalue weighted by Crippen LogP contribution is -2.20. The van der Waals surface area contributed by atoms with E-state index in [1.165, 1.54) is 0 Å². The van der Waals surface area contributed by atoms with Crippen LogP contribution >= 0.6 is 0 Å². The van der Waals surface area contributed by atoms with Gasteiger partial charge in [-0.05, 0) is 26.0 Å². The van der Waals surface area contributed by atoms with E-state index in [2.05, 4.69) is 48.1 Å². The Morgan fingerprint density at radius 2 is 1.80 bits per heavy atom. The topological polar surface area (TPSA) is 41.1 Å². The maximum absolute atomic E-state index is 4.72. The zero-order valence-corrected chi connectivity index (χ0v) is 12.6. The molecule has 0 spiro atoms. The molecule has 0 aliphatic heterocycles. The van der Waals surface area contributed by atoms with Gasteiger partial charge < -0.3 is 10.2 Å². The molecule has 0 aliphatic carbocycles. The van der Waals surface area contributed by atoms with Crippen molar-refractivity contribution in [3.05, 3.63) is 41.7 Å². The number of benzene rings is 1. The molecule has 4 nitrogen and oxygen atoms in total. The van der Waals surface area contributed by atoms with Crippen LogP contribution in [0.2, 0.25) is 0 Å². The van der Waals surface area contributed by atoms with Crippen LogP contribution in [-0.4, -0.2) is 23.6 Å². The van der Waals surface area contributed by atoms with E-state index in [4.69, 9.17) is 4.98 Å². The van der Waals surface area contributed by atoms with Crippen molar-refractivity contribution in [2.45, 2.75) is 27.2 Å². The van der Waals surface area contributed by atoms with Gasteiger partial charge in [-0.2, -0.15) is 0 Å². The van der Waals surface area contributed by atoms with E-state index in [9.17, 15) is 0 Å². The summed E-state index contributed by atoms with van der Waals surface area (Å²) < 4.78 is 0. The lowest BCUT2D eigenvalue weighted by atomic mass is 10.2. The highest BCUT2D eigenvalue weighted by molar-refractivity contribution is 5.67. The standard InChI is InChI=1S/C16H22N4/c1-5-14-18-15(17-4)12(3)16(19-14)20(6-2)13-10-8-7-9-11-13/h7-11H,5-6H2,1-4H3,(H,17,18,19). The second-order valence-corrected chi connectivity index (χ2v) is 4.62. The number of hydrogen-bond donors (Lipinski definition) is 1. The van der Waals surface area contributed by atoms with Gasteiger partial charge in [0.2, 0.25) is 0 Å². The van der Waals surface area contributed by atoms with Crippen LogP contribution in [0, 0.1) is 6.92 Å². The molecule has 0 fully saturated rings. The molecule has 1 aromatic heterocycles. The minimum Gasteiger partial charge on any atom is -0.373 e. The van der Waals surface area contributed by atoms with Crippen LogP contribution in [0.25, 0.3) is 0 Å². The summed E-state index contributed by atoms with van der Waals surface area (Å²) in [5.74, 6) is 2.75. The van der Waals surface area contributed by atoms with Crippen LogP contribution in [0.3, 0.4) is 0 Å². The molecule has 1 heterocycles. The van der Waals surface area contributed by atoms with Crippen molar-refractivity contribution < 1.29 is 0 Å². The Kier molecular flexibility index (Phi) is 4.56. The first-order chi connectivity index (χ1) is 9.71. The maximum atomic E-state index is 4.72. The lowest BCUT2D eigenvalue weighted by Gasteiger charge is -2.25. The van der Waals surface area contributed by atoms with E-state index < -0.39 is 0 Å². The number of aryl methyl sites for hydroxylation is 1. The maximum Gasteiger partial charge on any atom is 0.141 e. The molecule has 0 bridgehead atoms. The molecule has 0 saturated heterocycles. The van der Waals surface area contributed by atoms with Crippen molar-refractivity contribution in [2.75, 3.05) is 23.8 Å². The molecule has 0 aliphatic rings. The molecular formula is C16H22N4. The van der Waals surface area contributed by atoms with Gasteiger partial charge in [0.1, 0.15) is 17.5 Å². The second kappa shape index (κ2) is 6.37. The predicted molar refractivity (Wildman–Crippen MR) is 84.8 cm³/mol. The normalized spacial score (nSPS) is 10.4. The summed E-state index contributed by atoms with van der Waals surface area (Å²) in [6.07, 6.45) is 0.828. The fraction of sp³-hybridized carbons (Fsp3) is 0.375. The first-order valence-corrected chi connectivity index (χ1v) is 7.09. The Morgan fingerprint density at radius 1 is 1.10 bits per heavy atom. The lowest BCUT2D eigenvalue weighted by molar-refractivity contribution is 0.893.